The summed E-state index contributed by atoms with van der Waals surface area (Å²) < 4.78 is 1.16. The first kappa shape index (κ1) is 18.1. The number of rotatable bonds is 4. The molecule has 1 nitrogen and oxygen atoms in total. The SMILES string of the molecule is C=C(C(=C(C)C)C(Br)=C(C)C)c1ccc(N2CCCCC2)cc1. The van der Waals surface area contributed by atoms with Crippen LogP contribution < -0.4 is 4.90 Å². The first-order valence-electron chi connectivity index (χ1n) is 8.47. The third-order valence-corrected chi connectivity index (χ3v) is 5.59. The van der Waals surface area contributed by atoms with Crippen LogP contribution in [0.5, 0.6) is 0 Å². The Labute approximate surface area is 149 Å². The van der Waals surface area contributed by atoms with Gasteiger partial charge in [0, 0.05) is 23.3 Å². The summed E-state index contributed by atoms with van der Waals surface area (Å²) in [6.07, 6.45) is 3.99. The first-order valence-corrected chi connectivity index (χ1v) is 9.26. The molecule has 0 unspecified atom stereocenters. The average molecular weight is 374 g/mol. The molecule has 0 radical (unpaired) electrons. The molecule has 0 aromatic heterocycles. The maximum Gasteiger partial charge on any atom is 0.0366 e. The van der Waals surface area contributed by atoms with E-state index in [2.05, 4.69) is 79.4 Å². The summed E-state index contributed by atoms with van der Waals surface area (Å²) in [4.78, 5) is 2.49. The number of benzene rings is 1. The van der Waals surface area contributed by atoms with Gasteiger partial charge in [-0.3, -0.25) is 0 Å². The molecule has 1 aromatic carbocycles. The molecular weight excluding hydrogens is 346 g/mol. The molecule has 0 amide bonds. The molecule has 0 atom stereocenters. The van der Waals surface area contributed by atoms with Gasteiger partial charge in [-0.15, -0.1) is 0 Å². The van der Waals surface area contributed by atoms with Crippen LogP contribution in [-0.4, -0.2) is 13.1 Å². The van der Waals surface area contributed by atoms with Crippen LogP contribution in [0.2, 0.25) is 0 Å². The van der Waals surface area contributed by atoms with E-state index in [1.54, 1.807) is 0 Å². The molecule has 23 heavy (non-hydrogen) atoms. The van der Waals surface area contributed by atoms with Crippen molar-refractivity contribution in [3.63, 3.8) is 0 Å². The molecule has 1 heterocycles. The van der Waals surface area contributed by atoms with Gasteiger partial charge in [0.1, 0.15) is 0 Å². The van der Waals surface area contributed by atoms with Gasteiger partial charge in [-0.1, -0.05) is 45.8 Å². The monoisotopic (exact) mass is 373 g/mol. The van der Waals surface area contributed by atoms with Gasteiger partial charge in [-0.25, -0.2) is 0 Å². The molecule has 124 valence electrons. The molecule has 2 heteroatoms. The van der Waals surface area contributed by atoms with Crippen LogP contribution in [0.3, 0.4) is 0 Å². The van der Waals surface area contributed by atoms with Gasteiger partial charge in [-0.05, 0) is 75.8 Å². The van der Waals surface area contributed by atoms with Crippen LogP contribution in [-0.2, 0) is 0 Å². The summed E-state index contributed by atoms with van der Waals surface area (Å²) in [5, 5.41) is 0. The number of piperidine rings is 1. The van der Waals surface area contributed by atoms with Crippen molar-refractivity contribution in [2.75, 3.05) is 18.0 Å². The Morgan fingerprint density at radius 1 is 0.913 bits per heavy atom. The van der Waals surface area contributed by atoms with E-state index in [9.17, 15) is 0 Å². The highest BCUT2D eigenvalue weighted by atomic mass is 79.9. The molecule has 1 fully saturated rings. The molecule has 0 saturated carbocycles. The second-order valence-electron chi connectivity index (χ2n) is 6.76. The lowest BCUT2D eigenvalue weighted by Crippen LogP contribution is -2.29. The van der Waals surface area contributed by atoms with E-state index in [1.807, 2.05) is 0 Å². The Morgan fingerprint density at radius 2 is 1.48 bits per heavy atom. The highest BCUT2D eigenvalue weighted by molar-refractivity contribution is 9.12. The number of hydrogen-bond acceptors (Lipinski definition) is 1. The van der Waals surface area contributed by atoms with E-state index in [4.69, 9.17) is 0 Å². The Morgan fingerprint density at radius 3 is 1.96 bits per heavy atom. The van der Waals surface area contributed by atoms with E-state index in [1.165, 1.54) is 60.3 Å². The molecule has 0 aliphatic carbocycles. The maximum atomic E-state index is 4.36. The van der Waals surface area contributed by atoms with E-state index in [0.717, 1.165) is 10.1 Å². The van der Waals surface area contributed by atoms with Gasteiger partial charge in [0.25, 0.3) is 0 Å². The zero-order valence-corrected chi connectivity index (χ0v) is 16.5. The van der Waals surface area contributed by atoms with Crippen molar-refractivity contribution in [2.24, 2.45) is 0 Å². The number of anilines is 1. The van der Waals surface area contributed by atoms with Crippen molar-refractivity contribution in [1.29, 1.82) is 0 Å². The lowest BCUT2D eigenvalue weighted by Gasteiger charge is -2.29. The summed E-state index contributed by atoms with van der Waals surface area (Å²) >= 11 is 3.74. The van der Waals surface area contributed by atoms with Crippen molar-refractivity contribution >= 4 is 27.2 Å². The van der Waals surface area contributed by atoms with Crippen molar-refractivity contribution in [3.8, 4) is 0 Å². The predicted octanol–water partition coefficient (Wildman–Crippen LogP) is 6.72. The largest absolute Gasteiger partial charge is 0.372 e. The average Bonchev–Trinajstić information content (AvgIpc) is 2.55. The molecule has 0 N–H and O–H groups in total. The third kappa shape index (κ3) is 4.38. The summed E-state index contributed by atoms with van der Waals surface area (Å²) in [6, 6.07) is 8.90. The van der Waals surface area contributed by atoms with Crippen LogP contribution in [0.25, 0.3) is 5.57 Å². The van der Waals surface area contributed by atoms with Crippen molar-refractivity contribution in [3.05, 3.63) is 57.6 Å². The fourth-order valence-corrected chi connectivity index (χ4v) is 3.71. The fraction of sp³-hybridized carbons (Fsp3) is 0.429. The van der Waals surface area contributed by atoms with Crippen molar-refractivity contribution in [2.45, 2.75) is 47.0 Å². The topological polar surface area (TPSA) is 3.24 Å². The minimum Gasteiger partial charge on any atom is -0.372 e. The second kappa shape index (κ2) is 8.01. The highest BCUT2D eigenvalue weighted by Gasteiger charge is 2.14. The van der Waals surface area contributed by atoms with Gasteiger partial charge in [0.05, 0.1) is 0 Å². The van der Waals surface area contributed by atoms with Crippen LogP contribution in [0.15, 0.2) is 52.0 Å². The lowest BCUT2D eigenvalue weighted by atomic mass is 9.94. The number of allylic oxidation sites excluding steroid dienone is 5. The van der Waals surface area contributed by atoms with Gasteiger partial charge in [0.2, 0.25) is 0 Å². The second-order valence-corrected chi connectivity index (χ2v) is 7.56. The molecular formula is C21H28BrN. The summed E-state index contributed by atoms with van der Waals surface area (Å²) in [5.74, 6) is 0. The summed E-state index contributed by atoms with van der Waals surface area (Å²) in [6.45, 7) is 15.3. The van der Waals surface area contributed by atoms with Crippen molar-refractivity contribution in [1.82, 2.24) is 0 Å². The molecule has 1 aliphatic heterocycles. The van der Waals surface area contributed by atoms with Crippen LogP contribution in [0.4, 0.5) is 5.69 Å². The first-order chi connectivity index (χ1) is 10.9. The standard InChI is InChI=1S/C21H28BrN/c1-15(2)20(21(22)16(3)4)17(5)18-9-11-19(12-10-18)23-13-7-6-8-14-23/h9-12H,5-8,13-14H2,1-4H3. The fourth-order valence-electron chi connectivity index (χ4n) is 3.07. The molecule has 1 saturated heterocycles. The predicted molar refractivity (Wildman–Crippen MR) is 107 cm³/mol. The Bertz CT molecular complexity index is 620. The number of hydrogen-bond donors (Lipinski definition) is 0. The minimum atomic E-state index is 1.09. The Hall–Kier alpha value is -1.28. The van der Waals surface area contributed by atoms with Gasteiger partial charge in [0.15, 0.2) is 0 Å². The number of halogens is 1. The molecule has 1 aromatic rings. The summed E-state index contributed by atoms with van der Waals surface area (Å²) in [7, 11) is 0. The molecule has 2 rings (SSSR count). The van der Waals surface area contributed by atoms with E-state index >= 15 is 0 Å². The number of nitrogens with zero attached hydrogens (tertiary/aromatic N) is 1. The highest BCUT2D eigenvalue weighted by Crippen LogP contribution is 2.35. The van der Waals surface area contributed by atoms with Crippen LogP contribution in [0.1, 0.15) is 52.5 Å². The smallest absolute Gasteiger partial charge is 0.0366 e. The van der Waals surface area contributed by atoms with Gasteiger partial charge >= 0.3 is 0 Å². The van der Waals surface area contributed by atoms with Crippen LogP contribution >= 0.6 is 15.9 Å². The van der Waals surface area contributed by atoms with E-state index < -0.39 is 0 Å². The Balaban J connectivity index is 2.26. The van der Waals surface area contributed by atoms with Gasteiger partial charge in [-0.2, -0.15) is 0 Å². The zero-order chi connectivity index (χ0) is 17.0. The van der Waals surface area contributed by atoms with E-state index in [-0.39, 0.29) is 0 Å². The molecule has 1 aliphatic rings. The van der Waals surface area contributed by atoms with Gasteiger partial charge < -0.3 is 4.90 Å². The van der Waals surface area contributed by atoms with Crippen LogP contribution in [0, 0.1) is 0 Å². The normalized spacial score (nSPS) is 14.4. The minimum absolute atomic E-state index is 1.09. The molecule has 0 bridgehead atoms. The quantitative estimate of drug-likeness (QED) is 0.529. The summed E-state index contributed by atoms with van der Waals surface area (Å²) in [5.41, 5.74) is 7.39. The van der Waals surface area contributed by atoms with E-state index in [0.29, 0.717) is 0 Å². The Kier molecular flexibility index (Phi) is 6.29. The molecule has 0 spiro atoms. The van der Waals surface area contributed by atoms with Crippen molar-refractivity contribution < 1.29 is 0 Å². The third-order valence-electron chi connectivity index (χ3n) is 4.40. The lowest BCUT2D eigenvalue weighted by molar-refractivity contribution is 0.578. The zero-order valence-electron chi connectivity index (χ0n) is 14.9. The maximum absolute atomic E-state index is 4.36.